The van der Waals surface area contributed by atoms with Gasteiger partial charge in [-0.1, -0.05) is 55.3 Å². The first kappa shape index (κ1) is 40.2. The van der Waals surface area contributed by atoms with Crippen LogP contribution in [0.25, 0.3) is 0 Å². The number of nitrogens with zero attached hydrogens (tertiary/aromatic N) is 1. The Balaban J connectivity index is 0.00000523. The van der Waals surface area contributed by atoms with Crippen LogP contribution in [-0.4, -0.2) is 83.4 Å². The first-order chi connectivity index (χ1) is 24.7. The van der Waals surface area contributed by atoms with Gasteiger partial charge in [-0.05, 0) is 66.6 Å². The van der Waals surface area contributed by atoms with Gasteiger partial charge in [-0.3, -0.25) is 4.79 Å². The number of hydrogen-bond donors (Lipinski definition) is 6. The molecule has 1 saturated carbocycles. The van der Waals surface area contributed by atoms with Crippen molar-refractivity contribution >= 4 is 12.1 Å². The molecule has 1 aliphatic carbocycles. The van der Waals surface area contributed by atoms with E-state index in [-0.39, 0.29) is 59.6 Å². The standard InChI is InChI=1S/C41H55N3O7.BrH/c1-29(42-24-38(48)32-12-14-37(47)36(23-32)43-28-46)31-13-15-39(33(22-31)26-45)50-21-7-18-44-19-16-30(17-20-44)40(25-44)51-27-41(49,35-10-5-6-11-35)34-8-3-2-4-9-34;/h2-4,8-9,12-15,22-23,28-30,35,38,40,42,45,48-49H,5-7,10-11,16-21,24-27H2,1H3,(H-,43,46,47);1H/t29?,30?,38-,40-,41+,44?;/m0./s1. The van der Waals surface area contributed by atoms with E-state index in [2.05, 4.69) is 22.8 Å². The number of aromatic hydroxyl groups is 1. The summed E-state index contributed by atoms with van der Waals surface area (Å²) in [4.78, 5) is 10.8. The van der Waals surface area contributed by atoms with Crippen LogP contribution in [0.5, 0.6) is 11.5 Å². The number of carbonyl (C=O) groups is 1. The van der Waals surface area contributed by atoms with Gasteiger partial charge in [0.2, 0.25) is 6.41 Å². The average molecular weight is 783 g/mol. The number of aliphatic hydroxyl groups excluding tert-OH is 2. The maximum atomic E-state index is 12.0. The smallest absolute Gasteiger partial charge is 0.211 e. The number of piperidine rings is 3. The van der Waals surface area contributed by atoms with E-state index in [9.17, 15) is 25.2 Å². The molecule has 1 amide bonds. The van der Waals surface area contributed by atoms with Crippen LogP contribution >= 0.6 is 0 Å². The number of quaternary nitrogens is 1. The summed E-state index contributed by atoms with van der Waals surface area (Å²) in [5.74, 6) is 1.41. The number of aliphatic hydroxyl groups is 3. The minimum Gasteiger partial charge on any atom is -1.00 e. The number of hydrogen-bond acceptors (Lipinski definition) is 8. The molecule has 11 heteroatoms. The second kappa shape index (κ2) is 18.3. The van der Waals surface area contributed by atoms with Gasteiger partial charge in [0.15, 0.2) is 0 Å². The second-order valence-electron chi connectivity index (χ2n) is 15.1. The van der Waals surface area contributed by atoms with E-state index in [1.54, 1.807) is 12.1 Å². The van der Waals surface area contributed by atoms with Gasteiger partial charge in [0.25, 0.3) is 0 Å². The summed E-state index contributed by atoms with van der Waals surface area (Å²) in [6.45, 7) is 7.34. The first-order valence-electron chi connectivity index (χ1n) is 18.8. The van der Waals surface area contributed by atoms with Crippen molar-refractivity contribution in [1.29, 1.82) is 0 Å². The largest absolute Gasteiger partial charge is 1.00 e. The monoisotopic (exact) mass is 781 g/mol. The van der Waals surface area contributed by atoms with Gasteiger partial charge in [0.1, 0.15) is 29.7 Å². The molecule has 0 aromatic heterocycles. The van der Waals surface area contributed by atoms with Crippen LogP contribution < -0.4 is 32.4 Å². The van der Waals surface area contributed by atoms with Crippen LogP contribution in [0, 0.1) is 11.8 Å². The molecule has 7 rings (SSSR count). The molecule has 2 bridgehead atoms. The third kappa shape index (κ3) is 9.36. The summed E-state index contributed by atoms with van der Waals surface area (Å²) in [6, 6.07) is 20.5. The van der Waals surface area contributed by atoms with Crippen molar-refractivity contribution in [2.45, 2.75) is 82.3 Å². The van der Waals surface area contributed by atoms with Gasteiger partial charge in [0, 0.05) is 43.3 Å². The number of anilines is 1. The van der Waals surface area contributed by atoms with Crippen molar-refractivity contribution in [3.63, 3.8) is 0 Å². The normalized spacial score (nSPS) is 23.7. The second-order valence-corrected chi connectivity index (χ2v) is 15.1. The fourth-order valence-electron chi connectivity index (χ4n) is 8.70. The summed E-state index contributed by atoms with van der Waals surface area (Å²) in [6.07, 6.45) is 7.45. The molecule has 3 saturated heterocycles. The van der Waals surface area contributed by atoms with Crippen molar-refractivity contribution in [1.82, 2.24) is 5.32 Å². The summed E-state index contributed by atoms with van der Waals surface area (Å²) < 4.78 is 14.0. The van der Waals surface area contributed by atoms with Crippen molar-refractivity contribution in [2.24, 2.45) is 11.8 Å². The molecule has 52 heavy (non-hydrogen) atoms. The van der Waals surface area contributed by atoms with Crippen molar-refractivity contribution in [3.8, 4) is 11.5 Å². The number of halogens is 1. The molecule has 4 aliphatic rings. The van der Waals surface area contributed by atoms with Gasteiger partial charge < -0.3 is 62.0 Å². The van der Waals surface area contributed by atoms with E-state index >= 15 is 0 Å². The molecule has 3 aromatic carbocycles. The number of phenols is 1. The molecule has 4 atom stereocenters. The van der Waals surface area contributed by atoms with Crippen LogP contribution in [0.2, 0.25) is 0 Å². The number of carbonyl (C=O) groups excluding carboxylic acids is 1. The minimum absolute atomic E-state index is 0. The molecular formula is C41H56BrN3O7. The number of rotatable bonds is 18. The predicted molar refractivity (Wildman–Crippen MR) is 196 cm³/mol. The Kier molecular flexibility index (Phi) is 14.2. The van der Waals surface area contributed by atoms with Gasteiger partial charge >= 0.3 is 0 Å². The molecule has 4 fully saturated rings. The Morgan fingerprint density at radius 1 is 1.00 bits per heavy atom. The van der Waals surface area contributed by atoms with E-state index in [1.807, 2.05) is 43.3 Å². The molecule has 0 radical (unpaired) electrons. The summed E-state index contributed by atoms with van der Waals surface area (Å²) >= 11 is 0. The molecule has 10 nitrogen and oxygen atoms in total. The van der Waals surface area contributed by atoms with Gasteiger partial charge in [-0.2, -0.15) is 0 Å². The lowest BCUT2D eigenvalue weighted by atomic mass is 9.80. The number of phenolic OH excluding ortho intramolecular Hbond substituents is 1. The number of nitrogens with one attached hydrogen (secondary N) is 2. The van der Waals surface area contributed by atoms with E-state index in [4.69, 9.17) is 9.47 Å². The molecule has 1 unspecified atom stereocenters. The van der Waals surface area contributed by atoms with Gasteiger partial charge in [0.05, 0.1) is 51.2 Å². The van der Waals surface area contributed by atoms with Crippen LogP contribution in [0.4, 0.5) is 5.69 Å². The molecule has 6 N–H and O–H groups in total. The van der Waals surface area contributed by atoms with Crippen LogP contribution in [0.15, 0.2) is 66.7 Å². The van der Waals surface area contributed by atoms with E-state index in [1.165, 1.54) is 18.9 Å². The molecule has 3 heterocycles. The third-order valence-electron chi connectivity index (χ3n) is 11.9. The Hall–Kier alpha value is -3.03. The van der Waals surface area contributed by atoms with Crippen molar-refractivity contribution in [3.05, 3.63) is 89.0 Å². The highest BCUT2D eigenvalue weighted by Crippen LogP contribution is 2.43. The van der Waals surface area contributed by atoms with Crippen molar-refractivity contribution in [2.75, 3.05) is 51.3 Å². The number of benzene rings is 3. The Labute approximate surface area is 318 Å². The van der Waals surface area contributed by atoms with Crippen molar-refractivity contribution < 1.29 is 56.2 Å². The fourth-order valence-corrected chi connectivity index (χ4v) is 8.70. The lowest BCUT2D eigenvalue weighted by Crippen LogP contribution is -3.00. The van der Waals surface area contributed by atoms with Gasteiger partial charge in [-0.15, -0.1) is 0 Å². The minimum atomic E-state index is -0.938. The highest BCUT2D eigenvalue weighted by atomic mass is 79.9. The number of fused-ring (bicyclic) bond motifs is 3. The zero-order chi connectivity index (χ0) is 35.8. The van der Waals surface area contributed by atoms with E-state index < -0.39 is 11.7 Å². The lowest BCUT2D eigenvalue weighted by molar-refractivity contribution is -0.946. The van der Waals surface area contributed by atoms with Crippen LogP contribution in [0.1, 0.15) is 86.3 Å². The molecule has 3 aliphatic heterocycles. The maximum absolute atomic E-state index is 12.0. The predicted octanol–water partition coefficient (Wildman–Crippen LogP) is 2.31. The SMILES string of the molecule is CC(NC[C@H](O)c1ccc(O)c(NC=O)c1)c1ccc(OCCC[N+]23CCC(CC2)[C@@H](OC[C@@](O)(c2ccccc2)C2CCCC2)C3)c(CO)c1.[Br-]. The highest BCUT2D eigenvalue weighted by molar-refractivity contribution is 5.75. The first-order valence-corrected chi connectivity index (χ1v) is 18.8. The Morgan fingerprint density at radius 3 is 2.44 bits per heavy atom. The highest BCUT2D eigenvalue weighted by Gasteiger charge is 2.48. The van der Waals surface area contributed by atoms with Gasteiger partial charge in [-0.25, -0.2) is 0 Å². The zero-order valence-electron chi connectivity index (χ0n) is 30.3. The van der Waals surface area contributed by atoms with E-state index in [0.717, 1.165) is 79.5 Å². The molecule has 3 aromatic rings. The third-order valence-corrected chi connectivity index (χ3v) is 11.9. The fraction of sp³-hybridized carbons (Fsp3) is 0.537. The summed E-state index contributed by atoms with van der Waals surface area (Å²) in [7, 11) is 0. The van der Waals surface area contributed by atoms with Crippen LogP contribution in [0.3, 0.4) is 0 Å². The molecule has 0 spiro atoms. The summed E-state index contributed by atoms with van der Waals surface area (Å²) in [5, 5.41) is 48.6. The number of amides is 1. The lowest BCUT2D eigenvalue weighted by Gasteiger charge is -2.53. The average Bonchev–Trinajstić information content (AvgIpc) is 3.72. The van der Waals surface area contributed by atoms with E-state index in [0.29, 0.717) is 36.9 Å². The molecular weight excluding hydrogens is 726 g/mol. The zero-order valence-corrected chi connectivity index (χ0v) is 31.8. The Morgan fingerprint density at radius 2 is 1.73 bits per heavy atom. The Bertz CT molecular complexity index is 1580. The topological polar surface area (TPSA) is 141 Å². The quantitative estimate of drug-likeness (QED) is 0.0501. The van der Waals surface area contributed by atoms with Crippen LogP contribution in [-0.2, 0) is 21.7 Å². The summed E-state index contributed by atoms with van der Waals surface area (Å²) in [5.41, 5.74) is 2.52. The number of ether oxygens (including phenoxy) is 2. The maximum Gasteiger partial charge on any atom is 0.211 e. The molecule has 284 valence electrons.